The zero-order valence-corrected chi connectivity index (χ0v) is 38.6. The number of fused-ring (bicyclic) bond motifs is 2. The standard InChI is InChI=1S/C50H62N4O12/c1-8-27-63-50-44(53(5)45(57)24-17-32-15-18-34(19-16-32)54(59)60)31-41(52-66-49(2,3)4)38-28-33(13-9-11-25-55)37(14-10-12-26-56)46(47(38)50)39-29-36(21-23-42(39)65-50)64-48(58)51-40-22-20-35(61-6)30-43(40)62-7/h8,15-24,28-30,33,37,44,46-47,55-56H,1,9-14,25-27,31H2,2-7H3,(H,51,58)/t33-,37+,44-,46+,47+,50+/m0/s1. The minimum atomic E-state index is -1.51. The van der Waals surface area contributed by atoms with E-state index in [9.17, 15) is 29.9 Å². The van der Waals surface area contributed by atoms with Crippen LogP contribution in [0.5, 0.6) is 23.0 Å². The maximum atomic E-state index is 14.4. The van der Waals surface area contributed by atoms with Crippen LogP contribution in [0.25, 0.3) is 6.08 Å². The molecule has 2 aliphatic carbocycles. The molecular formula is C50H62N4O12. The van der Waals surface area contributed by atoms with Crippen LogP contribution in [0.15, 0.2) is 96.2 Å². The van der Waals surface area contributed by atoms with Gasteiger partial charge in [0.2, 0.25) is 11.7 Å². The Morgan fingerprint density at radius 2 is 1.71 bits per heavy atom. The summed E-state index contributed by atoms with van der Waals surface area (Å²) < 4.78 is 30.9. The van der Waals surface area contributed by atoms with E-state index in [2.05, 4.69) is 18.0 Å². The molecule has 0 spiro atoms. The van der Waals surface area contributed by atoms with Crippen molar-refractivity contribution in [2.45, 2.75) is 89.1 Å². The third-order valence-corrected chi connectivity index (χ3v) is 12.3. The van der Waals surface area contributed by atoms with Gasteiger partial charge in [-0.25, -0.2) is 4.79 Å². The molecule has 3 aliphatic rings. The fourth-order valence-electron chi connectivity index (χ4n) is 9.27. The average molecular weight is 911 g/mol. The number of anilines is 1. The third kappa shape index (κ3) is 11.2. The largest absolute Gasteiger partial charge is 0.497 e. The summed E-state index contributed by atoms with van der Waals surface area (Å²) in [5.74, 6) is -1.29. The number of nitro groups is 1. The highest BCUT2D eigenvalue weighted by Crippen LogP contribution is 2.62. The molecule has 354 valence electrons. The maximum Gasteiger partial charge on any atom is 0.417 e. The summed E-state index contributed by atoms with van der Waals surface area (Å²) in [6.45, 7) is 9.84. The normalized spacial score (nSPS) is 22.6. The Kier molecular flexibility index (Phi) is 16.3. The molecule has 6 rings (SSSR count). The van der Waals surface area contributed by atoms with E-state index < -0.39 is 34.4 Å². The molecule has 16 heteroatoms. The molecule has 3 aromatic rings. The molecule has 0 unspecified atom stereocenters. The first-order valence-corrected chi connectivity index (χ1v) is 22.3. The molecule has 3 aromatic carbocycles. The number of allylic oxidation sites excluding steroid dienone is 1. The van der Waals surface area contributed by atoms with Gasteiger partial charge in [0.1, 0.15) is 34.6 Å². The maximum absolute atomic E-state index is 14.4. The lowest BCUT2D eigenvalue weighted by atomic mass is 9.55. The van der Waals surface area contributed by atoms with Crippen molar-refractivity contribution >= 4 is 35.2 Å². The zero-order chi connectivity index (χ0) is 47.6. The summed E-state index contributed by atoms with van der Waals surface area (Å²) in [5.41, 5.74) is 2.48. The second kappa shape index (κ2) is 21.8. The Morgan fingerprint density at radius 1 is 1.00 bits per heavy atom. The van der Waals surface area contributed by atoms with Crippen LogP contribution in [0.2, 0.25) is 0 Å². The molecule has 1 fully saturated rings. The summed E-state index contributed by atoms with van der Waals surface area (Å²) >= 11 is 0. The quantitative estimate of drug-likeness (QED) is 0.0320. The van der Waals surface area contributed by atoms with E-state index in [1.165, 1.54) is 32.4 Å². The molecule has 6 atom stereocenters. The van der Waals surface area contributed by atoms with Crippen molar-refractivity contribution in [3.63, 3.8) is 0 Å². The highest BCUT2D eigenvalue weighted by molar-refractivity contribution is 6.03. The van der Waals surface area contributed by atoms with Gasteiger partial charge in [0.25, 0.3) is 5.69 Å². The van der Waals surface area contributed by atoms with Gasteiger partial charge in [0, 0.05) is 62.4 Å². The molecule has 66 heavy (non-hydrogen) atoms. The van der Waals surface area contributed by atoms with Crippen molar-refractivity contribution in [2.75, 3.05) is 46.4 Å². The number of unbranched alkanes of at least 4 members (excludes halogenated alkanes) is 2. The predicted octanol–water partition coefficient (Wildman–Crippen LogP) is 8.83. The number of aliphatic hydroxyl groups excluding tert-OH is 2. The number of amides is 2. The summed E-state index contributed by atoms with van der Waals surface area (Å²) in [6.07, 6.45) is 10.4. The number of oxime groups is 1. The van der Waals surface area contributed by atoms with E-state index in [1.54, 1.807) is 66.6 Å². The van der Waals surface area contributed by atoms with Crippen LogP contribution in [-0.2, 0) is 14.4 Å². The fraction of sp³-hybridized carbons (Fsp3) is 0.460. The first-order valence-electron chi connectivity index (χ1n) is 22.3. The van der Waals surface area contributed by atoms with E-state index in [4.69, 9.17) is 33.7 Å². The van der Waals surface area contributed by atoms with E-state index in [0.717, 1.165) is 24.0 Å². The number of ether oxygens (including phenoxy) is 5. The summed E-state index contributed by atoms with van der Waals surface area (Å²) in [5, 5.41) is 38.7. The molecule has 1 heterocycles. The smallest absolute Gasteiger partial charge is 0.417 e. The number of carbonyl (C=O) groups is 2. The molecule has 1 saturated carbocycles. The number of methoxy groups -OCH3 is 2. The molecule has 0 saturated heterocycles. The first-order chi connectivity index (χ1) is 31.7. The highest BCUT2D eigenvalue weighted by Gasteiger charge is 2.65. The summed E-state index contributed by atoms with van der Waals surface area (Å²) in [7, 11) is 4.71. The second-order valence-corrected chi connectivity index (χ2v) is 17.7. The van der Waals surface area contributed by atoms with Gasteiger partial charge >= 0.3 is 6.09 Å². The van der Waals surface area contributed by atoms with Crippen LogP contribution in [-0.4, -0.2) is 96.3 Å². The molecule has 3 N–H and O–H groups in total. The fourth-order valence-corrected chi connectivity index (χ4v) is 9.27. The highest BCUT2D eigenvalue weighted by atomic mass is 16.7. The zero-order valence-electron chi connectivity index (χ0n) is 38.6. The van der Waals surface area contributed by atoms with Gasteiger partial charge in [-0.3, -0.25) is 20.2 Å². The number of hydrogen-bond donors (Lipinski definition) is 3. The Morgan fingerprint density at radius 3 is 2.36 bits per heavy atom. The number of nitrogens with one attached hydrogen (secondary N) is 1. The average Bonchev–Trinajstić information content (AvgIpc) is 3.30. The lowest BCUT2D eigenvalue weighted by Crippen LogP contribution is -2.69. The molecule has 2 amide bonds. The number of likely N-dealkylation sites (N-methyl/N-ethyl adjacent to an activating group) is 1. The van der Waals surface area contributed by atoms with Gasteiger partial charge in [0.15, 0.2) is 0 Å². The van der Waals surface area contributed by atoms with E-state index in [0.29, 0.717) is 59.9 Å². The van der Waals surface area contributed by atoms with Crippen molar-refractivity contribution in [1.29, 1.82) is 0 Å². The van der Waals surface area contributed by atoms with Gasteiger partial charge in [-0.05, 0) is 118 Å². The van der Waals surface area contributed by atoms with Crippen LogP contribution in [0.3, 0.4) is 0 Å². The van der Waals surface area contributed by atoms with E-state index in [1.807, 2.05) is 26.8 Å². The molecule has 0 bridgehead atoms. The minimum absolute atomic E-state index is 0.0228. The number of non-ortho nitro benzene ring substituents is 1. The number of benzene rings is 3. The number of nitrogens with zero attached hydrogens (tertiary/aromatic N) is 3. The van der Waals surface area contributed by atoms with Crippen molar-refractivity contribution < 1.29 is 53.2 Å². The minimum Gasteiger partial charge on any atom is -0.497 e. The topological polar surface area (TPSA) is 201 Å². The Balaban J connectivity index is 1.50. The number of hydrogen-bond acceptors (Lipinski definition) is 13. The Bertz CT molecular complexity index is 2300. The molecule has 16 nitrogen and oxygen atoms in total. The Labute approximate surface area is 386 Å². The molecule has 1 aliphatic heterocycles. The Hall–Kier alpha value is -6.23. The predicted molar refractivity (Wildman–Crippen MR) is 250 cm³/mol. The molecule has 0 aromatic heterocycles. The van der Waals surface area contributed by atoms with E-state index >= 15 is 0 Å². The molecular weight excluding hydrogens is 849 g/mol. The van der Waals surface area contributed by atoms with Crippen LogP contribution < -0.4 is 24.3 Å². The summed E-state index contributed by atoms with van der Waals surface area (Å²) in [6, 6.07) is 15.3. The van der Waals surface area contributed by atoms with Crippen LogP contribution in [0.4, 0.5) is 16.2 Å². The van der Waals surface area contributed by atoms with Gasteiger partial charge in [-0.1, -0.05) is 30.1 Å². The number of carbonyl (C=O) groups excluding carboxylic acids is 2. The third-order valence-electron chi connectivity index (χ3n) is 12.3. The van der Waals surface area contributed by atoms with Crippen molar-refractivity contribution in [3.05, 3.63) is 112 Å². The van der Waals surface area contributed by atoms with Crippen molar-refractivity contribution in [1.82, 2.24) is 4.90 Å². The monoisotopic (exact) mass is 910 g/mol. The lowest BCUT2D eigenvalue weighted by molar-refractivity contribution is -0.384. The number of nitro benzene ring substituents is 1. The van der Waals surface area contributed by atoms with Crippen LogP contribution in [0, 0.1) is 27.9 Å². The van der Waals surface area contributed by atoms with Crippen LogP contribution in [0.1, 0.15) is 82.8 Å². The van der Waals surface area contributed by atoms with Crippen molar-refractivity contribution in [2.24, 2.45) is 22.9 Å². The number of aliphatic hydroxyl groups is 2. The van der Waals surface area contributed by atoms with Gasteiger partial charge in [-0.15, -0.1) is 6.58 Å². The summed E-state index contributed by atoms with van der Waals surface area (Å²) in [4.78, 5) is 46.5. The second-order valence-electron chi connectivity index (χ2n) is 17.7. The molecule has 0 radical (unpaired) electrons. The van der Waals surface area contributed by atoms with Gasteiger partial charge in [-0.2, -0.15) is 0 Å². The van der Waals surface area contributed by atoms with E-state index in [-0.39, 0.29) is 61.3 Å². The van der Waals surface area contributed by atoms with Crippen LogP contribution >= 0.6 is 0 Å². The number of rotatable bonds is 20. The van der Waals surface area contributed by atoms with Crippen molar-refractivity contribution in [3.8, 4) is 23.0 Å². The van der Waals surface area contributed by atoms with Gasteiger partial charge in [0.05, 0.1) is 43.1 Å². The van der Waals surface area contributed by atoms with Gasteiger partial charge < -0.3 is 43.6 Å². The SMILES string of the molecule is C=CCO[C@@]12Oc3ccc(OC(=O)Nc4ccc(OC)cc4OC)cc3[C@H]3[C@H](CCCCO)[C@@H](CCCCO)C=C(C(=NOC(C)(C)C)C[C@@H]1N(C)C(=O)C=Cc1ccc([N+](=O)[O-])cc1)[C@H]32. The first kappa shape index (κ1) is 49.2. The lowest BCUT2D eigenvalue weighted by Gasteiger charge is -2.59.